The molecule has 1 fully saturated rings. The van der Waals surface area contributed by atoms with Crippen molar-refractivity contribution >= 4 is 11.8 Å². The number of rotatable bonds is 4. The molecule has 1 aromatic carbocycles. The number of hydrogen-bond acceptors (Lipinski definition) is 4. The molecule has 1 saturated heterocycles. The molecule has 0 aromatic heterocycles. The summed E-state index contributed by atoms with van der Waals surface area (Å²) in [6.07, 6.45) is 1.48. The van der Waals surface area contributed by atoms with Crippen LogP contribution < -0.4 is 10.5 Å². The van der Waals surface area contributed by atoms with Crippen LogP contribution in [0, 0.1) is 17.2 Å². The topological polar surface area (TPSA) is 96.4 Å². The van der Waals surface area contributed by atoms with Gasteiger partial charge in [0.2, 0.25) is 5.91 Å². The van der Waals surface area contributed by atoms with Gasteiger partial charge in [-0.05, 0) is 44.0 Å². The molecule has 2 rings (SSSR count). The van der Waals surface area contributed by atoms with Crippen molar-refractivity contribution in [3.05, 3.63) is 29.8 Å². The first-order valence-electron chi connectivity index (χ1n) is 7.23. The molecule has 2 N–H and O–H groups in total. The Morgan fingerprint density at radius 1 is 1.36 bits per heavy atom. The number of nitriles is 1. The molecule has 6 heteroatoms. The Morgan fingerprint density at radius 3 is 2.64 bits per heavy atom. The molecule has 1 heterocycles. The first-order valence-corrected chi connectivity index (χ1v) is 7.23. The number of piperidine rings is 1. The predicted molar refractivity (Wildman–Crippen MR) is 79.7 cm³/mol. The van der Waals surface area contributed by atoms with E-state index in [9.17, 15) is 9.59 Å². The maximum atomic E-state index is 12.3. The summed E-state index contributed by atoms with van der Waals surface area (Å²) in [6, 6.07) is 8.66. The van der Waals surface area contributed by atoms with Gasteiger partial charge in [0.1, 0.15) is 5.75 Å². The van der Waals surface area contributed by atoms with E-state index in [1.54, 1.807) is 29.2 Å². The molecule has 0 bridgehead atoms. The highest BCUT2D eigenvalue weighted by atomic mass is 16.5. The summed E-state index contributed by atoms with van der Waals surface area (Å²) < 4.78 is 5.45. The number of likely N-dealkylation sites (tertiary alicyclic amines) is 1. The summed E-state index contributed by atoms with van der Waals surface area (Å²) in [5.41, 5.74) is 5.87. The minimum absolute atomic E-state index is 0.0765. The van der Waals surface area contributed by atoms with Crippen LogP contribution in [0.2, 0.25) is 0 Å². The van der Waals surface area contributed by atoms with E-state index in [1.165, 1.54) is 0 Å². The highest BCUT2D eigenvalue weighted by molar-refractivity contribution is 5.81. The molecule has 0 unspecified atom stereocenters. The summed E-state index contributed by atoms with van der Waals surface area (Å²) in [5.74, 6) is -0.279. The number of ether oxygens (including phenoxy) is 1. The third-order valence-electron chi connectivity index (χ3n) is 3.95. The van der Waals surface area contributed by atoms with E-state index in [2.05, 4.69) is 0 Å². The second kappa shape index (κ2) is 6.94. The van der Waals surface area contributed by atoms with Gasteiger partial charge in [-0.3, -0.25) is 9.59 Å². The van der Waals surface area contributed by atoms with Crippen molar-refractivity contribution in [2.75, 3.05) is 13.2 Å². The molecule has 2 atom stereocenters. The molecule has 1 aliphatic rings. The Bertz CT molecular complexity index is 592. The number of amides is 2. The van der Waals surface area contributed by atoms with Gasteiger partial charge in [0.25, 0.3) is 5.91 Å². The maximum absolute atomic E-state index is 12.3. The summed E-state index contributed by atoms with van der Waals surface area (Å²) in [6.45, 7) is 2.21. The monoisotopic (exact) mass is 301 g/mol. The van der Waals surface area contributed by atoms with Gasteiger partial charge in [0, 0.05) is 12.6 Å². The van der Waals surface area contributed by atoms with Crippen LogP contribution in [0.1, 0.15) is 25.3 Å². The van der Waals surface area contributed by atoms with E-state index in [1.807, 2.05) is 13.0 Å². The highest BCUT2D eigenvalue weighted by Gasteiger charge is 2.31. The van der Waals surface area contributed by atoms with Crippen LogP contribution in [0.3, 0.4) is 0 Å². The molecule has 1 aliphatic heterocycles. The molecule has 0 aliphatic carbocycles. The summed E-state index contributed by atoms with van der Waals surface area (Å²) in [7, 11) is 0. The van der Waals surface area contributed by atoms with E-state index in [0.717, 1.165) is 12.8 Å². The minimum Gasteiger partial charge on any atom is -0.484 e. The van der Waals surface area contributed by atoms with E-state index in [4.69, 9.17) is 15.7 Å². The molecule has 1 aromatic rings. The molecule has 22 heavy (non-hydrogen) atoms. The normalized spacial score (nSPS) is 21.0. The number of carbonyl (C=O) groups is 2. The van der Waals surface area contributed by atoms with Crippen LogP contribution in [0.5, 0.6) is 5.75 Å². The van der Waals surface area contributed by atoms with Gasteiger partial charge in [-0.15, -0.1) is 0 Å². The maximum Gasteiger partial charge on any atom is 0.260 e. The first-order chi connectivity index (χ1) is 10.5. The first kappa shape index (κ1) is 15.8. The third kappa shape index (κ3) is 3.76. The fourth-order valence-corrected chi connectivity index (χ4v) is 2.54. The molecule has 6 nitrogen and oxygen atoms in total. The second-order valence-electron chi connectivity index (χ2n) is 5.50. The molecular weight excluding hydrogens is 282 g/mol. The second-order valence-corrected chi connectivity index (χ2v) is 5.50. The Hall–Kier alpha value is -2.55. The lowest BCUT2D eigenvalue weighted by atomic mass is 9.93. The van der Waals surface area contributed by atoms with E-state index in [0.29, 0.717) is 17.9 Å². The Kier molecular flexibility index (Phi) is 4.99. The number of nitrogens with zero attached hydrogens (tertiary/aromatic N) is 2. The molecule has 116 valence electrons. The molecule has 0 saturated carbocycles. The van der Waals surface area contributed by atoms with Gasteiger partial charge < -0.3 is 15.4 Å². The molecule has 2 amide bonds. The SMILES string of the molecule is C[C@@H]1CC[C@H](C(N)=O)CN1C(=O)COc1ccc(C#N)cc1. The smallest absolute Gasteiger partial charge is 0.260 e. The largest absolute Gasteiger partial charge is 0.484 e. The van der Waals surface area contributed by atoms with Crippen LogP contribution >= 0.6 is 0 Å². The lowest BCUT2D eigenvalue weighted by molar-refractivity contribution is -0.139. The van der Waals surface area contributed by atoms with Gasteiger partial charge in [0.15, 0.2) is 6.61 Å². The van der Waals surface area contributed by atoms with Gasteiger partial charge >= 0.3 is 0 Å². The van der Waals surface area contributed by atoms with Crippen LogP contribution in [-0.2, 0) is 9.59 Å². The zero-order valence-electron chi connectivity index (χ0n) is 12.5. The highest BCUT2D eigenvalue weighted by Crippen LogP contribution is 2.22. The third-order valence-corrected chi connectivity index (χ3v) is 3.95. The molecule has 0 spiro atoms. The lowest BCUT2D eigenvalue weighted by Gasteiger charge is -2.36. The van der Waals surface area contributed by atoms with Crippen molar-refractivity contribution in [2.24, 2.45) is 11.7 Å². The Labute approximate surface area is 129 Å². The zero-order chi connectivity index (χ0) is 16.1. The molecular formula is C16H19N3O3. The van der Waals surface area contributed by atoms with Crippen molar-refractivity contribution in [3.8, 4) is 11.8 Å². The van der Waals surface area contributed by atoms with Gasteiger partial charge in [-0.25, -0.2) is 0 Å². The predicted octanol–water partition coefficient (Wildman–Crippen LogP) is 1.05. The fourth-order valence-electron chi connectivity index (χ4n) is 2.54. The van der Waals surface area contributed by atoms with Crippen molar-refractivity contribution in [2.45, 2.75) is 25.8 Å². The minimum atomic E-state index is -0.363. The van der Waals surface area contributed by atoms with Crippen LogP contribution in [-0.4, -0.2) is 35.9 Å². The number of nitrogens with two attached hydrogens (primary N) is 1. The van der Waals surface area contributed by atoms with Crippen molar-refractivity contribution < 1.29 is 14.3 Å². The van der Waals surface area contributed by atoms with E-state index < -0.39 is 0 Å². The lowest BCUT2D eigenvalue weighted by Crippen LogP contribution is -2.50. The van der Waals surface area contributed by atoms with Crippen molar-refractivity contribution in [1.29, 1.82) is 5.26 Å². The summed E-state index contributed by atoms with van der Waals surface area (Å²) in [4.78, 5) is 25.2. The Morgan fingerprint density at radius 2 is 2.05 bits per heavy atom. The van der Waals surface area contributed by atoms with Gasteiger partial charge in [-0.2, -0.15) is 5.26 Å². The van der Waals surface area contributed by atoms with Crippen molar-refractivity contribution in [1.82, 2.24) is 4.90 Å². The average Bonchev–Trinajstić information content (AvgIpc) is 2.53. The average molecular weight is 301 g/mol. The number of primary amides is 1. The van der Waals surface area contributed by atoms with Gasteiger partial charge in [-0.1, -0.05) is 0 Å². The number of carbonyl (C=O) groups excluding carboxylic acids is 2. The standard InChI is InChI=1S/C16H19N3O3/c1-11-2-5-13(16(18)21)9-19(11)15(20)10-22-14-6-3-12(8-17)4-7-14/h3-4,6-7,11,13H,2,5,9-10H2,1H3,(H2,18,21)/t11-,13+/m1/s1. The quantitative estimate of drug-likeness (QED) is 0.899. The van der Waals surface area contributed by atoms with Crippen LogP contribution in [0.25, 0.3) is 0 Å². The number of hydrogen-bond donors (Lipinski definition) is 1. The fraction of sp³-hybridized carbons (Fsp3) is 0.438. The summed E-state index contributed by atoms with van der Waals surface area (Å²) in [5, 5.41) is 8.73. The van der Waals surface area contributed by atoms with Crippen LogP contribution in [0.4, 0.5) is 0 Å². The zero-order valence-corrected chi connectivity index (χ0v) is 12.5. The summed E-state index contributed by atoms with van der Waals surface area (Å²) >= 11 is 0. The molecule has 0 radical (unpaired) electrons. The Balaban J connectivity index is 1.92. The van der Waals surface area contributed by atoms with E-state index >= 15 is 0 Å². The van der Waals surface area contributed by atoms with Gasteiger partial charge in [0.05, 0.1) is 17.6 Å². The van der Waals surface area contributed by atoms with E-state index in [-0.39, 0.29) is 30.4 Å². The number of benzene rings is 1. The van der Waals surface area contributed by atoms with Crippen LogP contribution in [0.15, 0.2) is 24.3 Å². The van der Waals surface area contributed by atoms with Crippen molar-refractivity contribution in [3.63, 3.8) is 0 Å².